The third-order valence-corrected chi connectivity index (χ3v) is 5.18. The van der Waals surface area contributed by atoms with Crippen LogP contribution in [0.1, 0.15) is 79.7 Å². The summed E-state index contributed by atoms with van der Waals surface area (Å²) in [4.78, 5) is 16.8. The molecule has 0 aliphatic heterocycles. The van der Waals surface area contributed by atoms with E-state index in [1.54, 1.807) is 0 Å². The molecule has 1 N–H and O–H groups in total. The molecule has 25 heavy (non-hydrogen) atoms. The number of benzene rings is 1. The van der Waals surface area contributed by atoms with Gasteiger partial charge in [-0.2, -0.15) is 4.98 Å². The molecular formula is C20H25N3O2. The van der Waals surface area contributed by atoms with E-state index in [-0.39, 0.29) is 11.9 Å². The zero-order chi connectivity index (χ0) is 17.1. The van der Waals surface area contributed by atoms with Crippen LogP contribution in [0.4, 0.5) is 0 Å². The summed E-state index contributed by atoms with van der Waals surface area (Å²) in [5, 5.41) is 7.25. The first kappa shape index (κ1) is 16.3. The van der Waals surface area contributed by atoms with Gasteiger partial charge in [0.05, 0.1) is 6.04 Å². The number of carbonyl (C=O) groups excluding carboxylic acids is 1. The Morgan fingerprint density at radius 3 is 2.96 bits per heavy atom. The molecule has 2 aliphatic rings. The van der Waals surface area contributed by atoms with Crippen LogP contribution in [0.25, 0.3) is 0 Å². The highest BCUT2D eigenvalue weighted by Gasteiger charge is 2.28. The Morgan fingerprint density at radius 1 is 1.20 bits per heavy atom. The summed E-state index contributed by atoms with van der Waals surface area (Å²) < 4.78 is 5.27. The van der Waals surface area contributed by atoms with Crippen molar-refractivity contribution in [1.82, 2.24) is 15.5 Å². The van der Waals surface area contributed by atoms with Gasteiger partial charge in [0.25, 0.3) is 0 Å². The average molecular weight is 339 g/mol. The number of fused-ring (bicyclic) bond motifs is 1. The maximum absolute atomic E-state index is 12.4. The second kappa shape index (κ2) is 7.38. The van der Waals surface area contributed by atoms with Crippen LogP contribution >= 0.6 is 0 Å². The highest BCUT2D eigenvalue weighted by Crippen LogP contribution is 2.38. The fourth-order valence-electron chi connectivity index (χ4n) is 3.61. The van der Waals surface area contributed by atoms with E-state index in [0.29, 0.717) is 24.7 Å². The fourth-order valence-corrected chi connectivity index (χ4v) is 3.61. The van der Waals surface area contributed by atoms with Gasteiger partial charge < -0.3 is 9.84 Å². The first-order valence-electron chi connectivity index (χ1n) is 9.49. The van der Waals surface area contributed by atoms with E-state index < -0.39 is 0 Å². The van der Waals surface area contributed by atoms with Gasteiger partial charge in [-0.25, -0.2) is 0 Å². The molecule has 1 saturated carbocycles. The molecule has 1 heterocycles. The standard InChI is InChI=1S/C20H25N3O2/c24-18(10-5-11-19-22-20(23-25-19)15-12-13-15)21-17-9-4-2-7-14-6-1-3-8-16(14)17/h1,3,6,8,15,17H,2,4-5,7,9-13H2,(H,21,24)/t17-/m1/s1. The molecular weight excluding hydrogens is 314 g/mol. The Labute approximate surface area is 148 Å². The van der Waals surface area contributed by atoms with Crippen molar-refractivity contribution >= 4 is 5.91 Å². The lowest BCUT2D eigenvalue weighted by atomic mass is 9.99. The van der Waals surface area contributed by atoms with Gasteiger partial charge in [0.1, 0.15) is 0 Å². The minimum absolute atomic E-state index is 0.114. The number of nitrogens with one attached hydrogen (secondary N) is 1. The lowest BCUT2D eigenvalue weighted by molar-refractivity contribution is -0.122. The molecule has 2 aliphatic carbocycles. The predicted molar refractivity (Wildman–Crippen MR) is 94.1 cm³/mol. The lowest BCUT2D eigenvalue weighted by Crippen LogP contribution is -2.28. The molecule has 2 aromatic rings. The Bertz CT molecular complexity index is 736. The van der Waals surface area contributed by atoms with Gasteiger partial charge >= 0.3 is 0 Å². The van der Waals surface area contributed by atoms with E-state index in [1.165, 1.54) is 30.4 Å². The van der Waals surface area contributed by atoms with Crippen molar-refractivity contribution in [2.45, 2.75) is 69.7 Å². The summed E-state index contributed by atoms with van der Waals surface area (Å²) in [6.07, 6.45) is 8.75. The minimum Gasteiger partial charge on any atom is -0.349 e. The Morgan fingerprint density at radius 2 is 2.08 bits per heavy atom. The Hall–Kier alpha value is -2.17. The molecule has 0 bridgehead atoms. The summed E-state index contributed by atoms with van der Waals surface area (Å²) in [5.74, 6) is 2.13. The number of hydrogen-bond acceptors (Lipinski definition) is 4. The van der Waals surface area contributed by atoms with Gasteiger partial charge in [0.15, 0.2) is 5.82 Å². The lowest BCUT2D eigenvalue weighted by Gasteiger charge is -2.19. The SMILES string of the molecule is O=C(CCCc1nc(C2CC2)no1)N[C@@H]1CCCCc2ccccc21. The van der Waals surface area contributed by atoms with E-state index in [2.05, 4.69) is 39.7 Å². The Balaban J connectivity index is 1.28. The molecule has 1 amide bonds. The molecule has 0 saturated heterocycles. The van der Waals surface area contributed by atoms with Crippen molar-refractivity contribution in [3.8, 4) is 0 Å². The summed E-state index contributed by atoms with van der Waals surface area (Å²) in [6, 6.07) is 8.65. The number of carbonyl (C=O) groups is 1. The van der Waals surface area contributed by atoms with Crippen LogP contribution in [0, 0.1) is 0 Å². The average Bonchev–Trinajstić information content (AvgIpc) is 3.40. The van der Waals surface area contributed by atoms with Crippen molar-refractivity contribution in [3.63, 3.8) is 0 Å². The van der Waals surface area contributed by atoms with E-state index >= 15 is 0 Å². The van der Waals surface area contributed by atoms with Crippen molar-refractivity contribution < 1.29 is 9.32 Å². The van der Waals surface area contributed by atoms with Crippen LogP contribution in [0.2, 0.25) is 0 Å². The smallest absolute Gasteiger partial charge is 0.226 e. The molecule has 1 aromatic heterocycles. The van der Waals surface area contributed by atoms with Gasteiger partial charge in [0, 0.05) is 18.8 Å². The molecule has 4 rings (SSSR count). The molecule has 5 nitrogen and oxygen atoms in total. The van der Waals surface area contributed by atoms with E-state index in [4.69, 9.17) is 4.52 Å². The van der Waals surface area contributed by atoms with Gasteiger partial charge in [-0.1, -0.05) is 35.8 Å². The fraction of sp³-hybridized carbons (Fsp3) is 0.550. The van der Waals surface area contributed by atoms with Crippen molar-refractivity contribution in [1.29, 1.82) is 0 Å². The molecule has 5 heteroatoms. The quantitative estimate of drug-likeness (QED) is 0.812. The van der Waals surface area contributed by atoms with Crippen molar-refractivity contribution in [2.24, 2.45) is 0 Å². The zero-order valence-corrected chi connectivity index (χ0v) is 14.5. The van der Waals surface area contributed by atoms with Gasteiger partial charge in [0.2, 0.25) is 11.8 Å². The van der Waals surface area contributed by atoms with Crippen LogP contribution in [0.5, 0.6) is 0 Å². The van der Waals surface area contributed by atoms with Crippen molar-refractivity contribution in [3.05, 3.63) is 47.1 Å². The van der Waals surface area contributed by atoms with Crippen LogP contribution in [0.3, 0.4) is 0 Å². The molecule has 1 aromatic carbocycles. The Kier molecular flexibility index (Phi) is 4.81. The molecule has 1 atom stereocenters. The second-order valence-electron chi connectivity index (χ2n) is 7.24. The number of hydrogen-bond donors (Lipinski definition) is 1. The first-order chi connectivity index (χ1) is 12.3. The highest BCUT2D eigenvalue weighted by molar-refractivity contribution is 5.76. The highest BCUT2D eigenvalue weighted by atomic mass is 16.5. The third-order valence-electron chi connectivity index (χ3n) is 5.18. The molecule has 132 valence electrons. The summed E-state index contributed by atoms with van der Waals surface area (Å²) in [7, 11) is 0. The molecule has 0 unspecified atom stereocenters. The topological polar surface area (TPSA) is 68.0 Å². The van der Waals surface area contributed by atoms with Crippen LogP contribution in [-0.4, -0.2) is 16.0 Å². The predicted octanol–water partition coefficient (Wildman–Crippen LogP) is 3.85. The summed E-state index contributed by atoms with van der Waals surface area (Å²) in [6.45, 7) is 0. The molecule has 1 fully saturated rings. The first-order valence-corrected chi connectivity index (χ1v) is 9.49. The molecule has 0 radical (unpaired) electrons. The number of nitrogens with zero attached hydrogens (tertiary/aromatic N) is 2. The van der Waals surface area contributed by atoms with Gasteiger partial charge in [-0.05, 0) is 49.7 Å². The zero-order valence-electron chi connectivity index (χ0n) is 14.5. The maximum atomic E-state index is 12.4. The van der Waals surface area contributed by atoms with Crippen LogP contribution < -0.4 is 5.32 Å². The second-order valence-corrected chi connectivity index (χ2v) is 7.24. The van der Waals surface area contributed by atoms with Gasteiger partial charge in [-0.3, -0.25) is 4.79 Å². The minimum atomic E-state index is 0.114. The van der Waals surface area contributed by atoms with Gasteiger partial charge in [-0.15, -0.1) is 0 Å². The van der Waals surface area contributed by atoms with Crippen LogP contribution in [-0.2, 0) is 17.6 Å². The monoisotopic (exact) mass is 339 g/mol. The van der Waals surface area contributed by atoms with E-state index in [9.17, 15) is 4.79 Å². The number of amides is 1. The molecule has 0 spiro atoms. The maximum Gasteiger partial charge on any atom is 0.226 e. The van der Waals surface area contributed by atoms with Crippen molar-refractivity contribution in [2.75, 3.05) is 0 Å². The number of aromatic nitrogens is 2. The normalized spacial score (nSPS) is 19.9. The largest absolute Gasteiger partial charge is 0.349 e. The summed E-state index contributed by atoms with van der Waals surface area (Å²) in [5.41, 5.74) is 2.67. The number of aryl methyl sites for hydroxylation is 2. The van der Waals surface area contributed by atoms with E-state index in [1.807, 2.05) is 0 Å². The van der Waals surface area contributed by atoms with E-state index in [0.717, 1.165) is 31.5 Å². The third kappa shape index (κ3) is 4.09. The number of rotatable bonds is 6. The summed E-state index contributed by atoms with van der Waals surface area (Å²) >= 11 is 0. The van der Waals surface area contributed by atoms with Crippen LogP contribution in [0.15, 0.2) is 28.8 Å².